The standard InChI is InChI=1S/C14H15F3.CH2O3/c1-13(8-3-2-4-9-13)11-6-5-7-12(10-11)14(15,16)17;2-1(3)4/h3,5-8,10H,2,4,9H2,1H3;(H2,2,3,4). The van der Waals surface area contributed by atoms with Crippen LogP contribution in [-0.4, -0.2) is 16.4 Å². The molecule has 116 valence electrons. The Morgan fingerprint density at radius 1 is 1.29 bits per heavy atom. The molecule has 0 amide bonds. The molecular formula is C15H17F3O3. The Morgan fingerprint density at radius 2 is 1.90 bits per heavy atom. The molecule has 1 aromatic rings. The molecule has 0 bridgehead atoms. The lowest BCUT2D eigenvalue weighted by Gasteiger charge is -2.30. The van der Waals surface area contributed by atoms with Crippen LogP contribution in [0.15, 0.2) is 36.4 Å². The van der Waals surface area contributed by atoms with Gasteiger partial charge in [-0.25, -0.2) is 4.79 Å². The second kappa shape index (κ2) is 6.65. The summed E-state index contributed by atoms with van der Waals surface area (Å²) < 4.78 is 37.9. The van der Waals surface area contributed by atoms with Crippen LogP contribution in [-0.2, 0) is 11.6 Å². The number of alkyl halides is 3. The molecule has 0 fully saturated rings. The average Bonchev–Trinajstić information content (AvgIpc) is 2.38. The lowest BCUT2D eigenvalue weighted by atomic mass is 9.75. The Hall–Kier alpha value is -1.98. The number of allylic oxidation sites excluding steroid dienone is 2. The molecule has 2 rings (SSSR count). The molecule has 1 unspecified atom stereocenters. The average molecular weight is 302 g/mol. The first-order chi connectivity index (χ1) is 9.65. The number of hydrogen-bond acceptors (Lipinski definition) is 1. The van der Waals surface area contributed by atoms with Gasteiger partial charge in [-0.1, -0.05) is 37.3 Å². The Balaban J connectivity index is 0.000000491. The van der Waals surface area contributed by atoms with Crippen molar-refractivity contribution >= 4 is 6.16 Å². The summed E-state index contributed by atoms with van der Waals surface area (Å²) in [6.45, 7) is 2.00. The van der Waals surface area contributed by atoms with Crippen LogP contribution in [0.5, 0.6) is 0 Å². The molecule has 1 aliphatic rings. The van der Waals surface area contributed by atoms with Gasteiger partial charge in [0.1, 0.15) is 0 Å². The first-order valence-corrected chi connectivity index (χ1v) is 6.42. The molecule has 6 heteroatoms. The Morgan fingerprint density at radius 3 is 2.38 bits per heavy atom. The highest BCUT2D eigenvalue weighted by Crippen LogP contribution is 2.37. The van der Waals surface area contributed by atoms with Crippen molar-refractivity contribution in [1.82, 2.24) is 0 Å². The van der Waals surface area contributed by atoms with E-state index < -0.39 is 17.9 Å². The van der Waals surface area contributed by atoms with Gasteiger partial charge in [0, 0.05) is 5.41 Å². The summed E-state index contributed by atoms with van der Waals surface area (Å²) in [7, 11) is 0. The van der Waals surface area contributed by atoms with Gasteiger partial charge < -0.3 is 10.2 Å². The van der Waals surface area contributed by atoms with Crippen LogP contribution in [0.3, 0.4) is 0 Å². The van der Waals surface area contributed by atoms with E-state index in [-0.39, 0.29) is 5.41 Å². The van der Waals surface area contributed by atoms with Gasteiger partial charge in [-0.3, -0.25) is 0 Å². The SMILES string of the molecule is CC1(c2cccc(C(F)(F)F)c2)C=CCCC1.O=C(O)O. The van der Waals surface area contributed by atoms with E-state index >= 15 is 0 Å². The molecule has 1 aromatic carbocycles. The maximum absolute atomic E-state index is 12.6. The monoisotopic (exact) mass is 302 g/mol. The lowest BCUT2D eigenvalue weighted by molar-refractivity contribution is -0.137. The van der Waals surface area contributed by atoms with Gasteiger partial charge in [-0.15, -0.1) is 0 Å². The Bertz CT molecular complexity index is 519. The third-order valence-corrected chi connectivity index (χ3v) is 3.40. The van der Waals surface area contributed by atoms with Crippen molar-refractivity contribution in [2.45, 2.75) is 37.8 Å². The van der Waals surface area contributed by atoms with E-state index in [0.717, 1.165) is 30.9 Å². The highest BCUT2D eigenvalue weighted by molar-refractivity contribution is 5.53. The third kappa shape index (κ3) is 5.13. The number of halogens is 3. The number of hydrogen-bond donors (Lipinski definition) is 2. The molecule has 0 radical (unpaired) electrons. The van der Waals surface area contributed by atoms with Crippen LogP contribution in [0.4, 0.5) is 18.0 Å². The lowest BCUT2D eigenvalue weighted by Crippen LogP contribution is -2.21. The van der Waals surface area contributed by atoms with Gasteiger partial charge in [0.15, 0.2) is 0 Å². The van der Waals surface area contributed by atoms with Crippen molar-refractivity contribution in [3.8, 4) is 0 Å². The number of carbonyl (C=O) groups is 1. The molecule has 0 aromatic heterocycles. The largest absolute Gasteiger partial charge is 0.503 e. The molecule has 0 spiro atoms. The molecule has 0 saturated heterocycles. The fraction of sp³-hybridized carbons (Fsp3) is 0.400. The second-order valence-corrected chi connectivity index (χ2v) is 5.07. The predicted molar refractivity (Wildman–Crippen MR) is 72.4 cm³/mol. The molecule has 0 saturated carbocycles. The van der Waals surface area contributed by atoms with Gasteiger partial charge in [0.2, 0.25) is 0 Å². The molecule has 21 heavy (non-hydrogen) atoms. The van der Waals surface area contributed by atoms with Crippen LogP contribution in [0.25, 0.3) is 0 Å². The minimum Gasteiger partial charge on any atom is -0.450 e. The third-order valence-electron chi connectivity index (χ3n) is 3.40. The summed E-state index contributed by atoms with van der Waals surface area (Å²) in [5.74, 6) is 0. The zero-order chi connectivity index (χ0) is 16.1. The summed E-state index contributed by atoms with van der Waals surface area (Å²) in [6, 6.07) is 5.67. The zero-order valence-electron chi connectivity index (χ0n) is 11.5. The number of rotatable bonds is 1. The van der Waals surface area contributed by atoms with E-state index in [1.165, 1.54) is 12.1 Å². The maximum atomic E-state index is 12.6. The zero-order valence-corrected chi connectivity index (χ0v) is 11.5. The predicted octanol–water partition coefficient (Wildman–Crippen LogP) is 4.93. The van der Waals surface area contributed by atoms with Crippen LogP contribution in [0.2, 0.25) is 0 Å². The van der Waals surface area contributed by atoms with E-state index in [4.69, 9.17) is 15.0 Å². The smallest absolute Gasteiger partial charge is 0.450 e. The van der Waals surface area contributed by atoms with Crippen molar-refractivity contribution < 1.29 is 28.2 Å². The van der Waals surface area contributed by atoms with Crippen molar-refractivity contribution in [2.75, 3.05) is 0 Å². The van der Waals surface area contributed by atoms with Crippen LogP contribution in [0, 0.1) is 0 Å². The van der Waals surface area contributed by atoms with Gasteiger partial charge in [-0.2, -0.15) is 13.2 Å². The highest BCUT2D eigenvalue weighted by atomic mass is 19.4. The quantitative estimate of drug-likeness (QED) is 0.723. The van der Waals surface area contributed by atoms with E-state index in [2.05, 4.69) is 6.08 Å². The number of benzene rings is 1. The normalized spacial score (nSPS) is 21.3. The molecule has 0 aliphatic heterocycles. The van der Waals surface area contributed by atoms with Crippen LogP contribution < -0.4 is 0 Å². The van der Waals surface area contributed by atoms with Gasteiger partial charge in [-0.05, 0) is 30.9 Å². The van der Waals surface area contributed by atoms with Crippen molar-refractivity contribution in [3.63, 3.8) is 0 Å². The topological polar surface area (TPSA) is 57.5 Å². The molecule has 1 aliphatic carbocycles. The summed E-state index contributed by atoms with van der Waals surface area (Å²) in [6.07, 6.45) is 0.961. The van der Waals surface area contributed by atoms with Crippen LogP contribution in [0.1, 0.15) is 37.3 Å². The van der Waals surface area contributed by atoms with Gasteiger partial charge >= 0.3 is 12.3 Å². The van der Waals surface area contributed by atoms with Gasteiger partial charge in [0.25, 0.3) is 0 Å². The molecule has 3 nitrogen and oxygen atoms in total. The minimum atomic E-state index is -4.26. The highest BCUT2D eigenvalue weighted by Gasteiger charge is 2.32. The van der Waals surface area contributed by atoms with E-state index in [9.17, 15) is 13.2 Å². The van der Waals surface area contributed by atoms with E-state index in [0.29, 0.717) is 0 Å². The molecule has 2 N–H and O–H groups in total. The van der Waals surface area contributed by atoms with Crippen LogP contribution >= 0.6 is 0 Å². The fourth-order valence-corrected chi connectivity index (χ4v) is 2.31. The number of carboxylic acid groups (broad SMARTS) is 2. The maximum Gasteiger partial charge on any atom is 0.503 e. The summed E-state index contributed by atoms with van der Waals surface area (Å²) >= 11 is 0. The van der Waals surface area contributed by atoms with Gasteiger partial charge in [0.05, 0.1) is 5.56 Å². The van der Waals surface area contributed by atoms with E-state index in [1.54, 1.807) is 6.07 Å². The molecule has 0 heterocycles. The van der Waals surface area contributed by atoms with E-state index in [1.807, 2.05) is 13.0 Å². The summed E-state index contributed by atoms with van der Waals surface area (Å²) in [5.41, 5.74) is -0.0575. The fourth-order valence-electron chi connectivity index (χ4n) is 2.31. The molecular weight excluding hydrogens is 285 g/mol. The minimum absolute atomic E-state index is 0.250. The summed E-state index contributed by atoms with van der Waals surface area (Å²) in [5, 5.41) is 13.9. The Kier molecular flexibility index (Phi) is 5.41. The summed E-state index contributed by atoms with van der Waals surface area (Å²) in [4.78, 5) is 8.56. The van der Waals surface area contributed by atoms with Crippen molar-refractivity contribution in [2.24, 2.45) is 0 Å². The first kappa shape index (κ1) is 17.1. The van der Waals surface area contributed by atoms with Crippen molar-refractivity contribution in [1.29, 1.82) is 0 Å². The molecule has 1 atom stereocenters. The Labute approximate surface area is 120 Å². The second-order valence-electron chi connectivity index (χ2n) is 5.07. The first-order valence-electron chi connectivity index (χ1n) is 6.42. The van der Waals surface area contributed by atoms with Crippen molar-refractivity contribution in [3.05, 3.63) is 47.5 Å².